The summed E-state index contributed by atoms with van der Waals surface area (Å²) in [4.78, 5) is 27.4. The van der Waals surface area contributed by atoms with Gasteiger partial charge in [0.25, 0.3) is 0 Å². The van der Waals surface area contributed by atoms with Crippen molar-refractivity contribution in [2.75, 3.05) is 24.5 Å². The molecule has 0 radical (unpaired) electrons. The fourth-order valence-corrected chi connectivity index (χ4v) is 2.98. The Morgan fingerprint density at radius 2 is 2.29 bits per heavy atom. The molecule has 2 aromatic rings. The predicted octanol–water partition coefficient (Wildman–Crippen LogP) is 1.76. The molecule has 0 saturated carbocycles. The number of hydrogen-bond donors (Lipinski definition) is 1. The molecule has 6 heteroatoms. The first-order chi connectivity index (χ1) is 11.7. The topological polar surface area (TPSA) is 71.0 Å². The summed E-state index contributed by atoms with van der Waals surface area (Å²) >= 11 is 0. The lowest BCUT2D eigenvalue weighted by Gasteiger charge is -2.32. The molecular formula is C18H23N5O. The Balaban J connectivity index is 1.51. The number of aryl methyl sites for hydroxylation is 1. The quantitative estimate of drug-likeness (QED) is 0.907. The maximum absolute atomic E-state index is 12.4. The first-order valence-corrected chi connectivity index (χ1v) is 8.43. The highest BCUT2D eigenvalue weighted by Gasteiger charge is 2.26. The minimum Gasteiger partial charge on any atom is -0.355 e. The summed E-state index contributed by atoms with van der Waals surface area (Å²) < 4.78 is 0. The van der Waals surface area contributed by atoms with E-state index >= 15 is 0 Å². The summed E-state index contributed by atoms with van der Waals surface area (Å²) in [5, 5.41) is 3.05. The number of hydrogen-bond acceptors (Lipinski definition) is 5. The molecule has 3 heterocycles. The van der Waals surface area contributed by atoms with E-state index in [2.05, 4.69) is 25.2 Å². The van der Waals surface area contributed by atoms with Crippen LogP contribution in [0.5, 0.6) is 0 Å². The van der Waals surface area contributed by atoms with Crippen molar-refractivity contribution in [3.63, 3.8) is 0 Å². The normalized spacial score (nSPS) is 17.5. The zero-order valence-corrected chi connectivity index (χ0v) is 14.0. The molecule has 126 valence electrons. The van der Waals surface area contributed by atoms with Gasteiger partial charge in [-0.15, -0.1) is 0 Å². The Morgan fingerprint density at radius 3 is 3.08 bits per heavy atom. The molecule has 0 aliphatic carbocycles. The highest BCUT2D eigenvalue weighted by atomic mass is 16.1. The molecule has 6 nitrogen and oxygen atoms in total. The van der Waals surface area contributed by atoms with Crippen LogP contribution in [0.2, 0.25) is 0 Å². The predicted molar refractivity (Wildman–Crippen MR) is 92.7 cm³/mol. The largest absolute Gasteiger partial charge is 0.355 e. The summed E-state index contributed by atoms with van der Waals surface area (Å²) in [7, 11) is 0. The average Bonchev–Trinajstić information content (AvgIpc) is 2.63. The maximum Gasteiger partial charge on any atom is 0.225 e. The van der Waals surface area contributed by atoms with Crippen molar-refractivity contribution < 1.29 is 4.79 Å². The third-order valence-electron chi connectivity index (χ3n) is 4.29. The van der Waals surface area contributed by atoms with Gasteiger partial charge in [0.15, 0.2) is 0 Å². The van der Waals surface area contributed by atoms with Gasteiger partial charge in [0.05, 0.1) is 5.92 Å². The highest BCUT2D eigenvalue weighted by Crippen LogP contribution is 2.20. The van der Waals surface area contributed by atoms with Gasteiger partial charge in [-0.05, 0) is 43.9 Å². The zero-order valence-electron chi connectivity index (χ0n) is 14.0. The number of carbonyl (C=O) groups excluding carboxylic acids is 1. The van der Waals surface area contributed by atoms with E-state index in [0.717, 1.165) is 43.0 Å². The Hall–Kier alpha value is -2.50. The number of nitrogens with zero attached hydrogens (tertiary/aromatic N) is 4. The lowest BCUT2D eigenvalue weighted by atomic mass is 9.97. The summed E-state index contributed by atoms with van der Waals surface area (Å²) in [6.07, 6.45) is 8.07. The molecule has 1 N–H and O–H groups in total. The van der Waals surface area contributed by atoms with Crippen LogP contribution in [0.1, 0.15) is 24.1 Å². The molecule has 1 aliphatic rings. The van der Waals surface area contributed by atoms with Crippen molar-refractivity contribution in [2.24, 2.45) is 5.92 Å². The van der Waals surface area contributed by atoms with Crippen molar-refractivity contribution in [2.45, 2.75) is 26.2 Å². The van der Waals surface area contributed by atoms with E-state index < -0.39 is 0 Å². The van der Waals surface area contributed by atoms with Gasteiger partial charge in [0.1, 0.15) is 0 Å². The van der Waals surface area contributed by atoms with Crippen LogP contribution in [0.25, 0.3) is 0 Å². The monoisotopic (exact) mass is 325 g/mol. The second kappa shape index (κ2) is 7.86. The Bertz CT molecular complexity index is 676. The molecule has 0 bridgehead atoms. The number of amides is 1. The van der Waals surface area contributed by atoms with Crippen LogP contribution in [0.15, 0.2) is 36.8 Å². The van der Waals surface area contributed by atoms with Crippen LogP contribution >= 0.6 is 0 Å². The van der Waals surface area contributed by atoms with E-state index in [0.29, 0.717) is 13.1 Å². The molecular weight excluding hydrogens is 302 g/mol. The Labute approximate surface area is 142 Å². The van der Waals surface area contributed by atoms with E-state index in [4.69, 9.17) is 0 Å². The minimum absolute atomic E-state index is 0.00300. The van der Waals surface area contributed by atoms with Gasteiger partial charge in [0, 0.05) is 43.9 Å². The van der Waals surface area contributed by atoms with Crippen molar-refractivity contribution >= 4 is 11.9 Å². The van der Waals surface area contributed by atoms with Crippen LogP contribution in [0, 0.1) is 12.8 Å². The van der Waals surface area contributed by atoms with Gasteiger partial charge in [-0.1, -0.05) is 6.07 Å². The first kappa shape index (κ1) is 16.4. The SMILES string of the molecule is Cc1ccnc(N2CCCC(C(=O)NCCc3cccnc3)C2)n1. The van der Waals surface area contributed by atoms with E-state index in [-0.39, 0.29) is 11.8 Å². The van der Waals surface area contributed by atoms with Crippen LogP contribution < -0.4 is 10.2 Å². The molecule has 1 saturated heterocycles. The lowest BCUT2D eigenvalue weighted by molar-refractivity contribution is -0.125. The number of aromatic nitrogens is 3. The molecule has 3 rings (SSSR count). The van der Waals surface area contributed by atoms with Crippen LogP contribution in [0.4, 0.5) is 5.95 Å². The van der Waals surface area contributed by atoms with Crippen molar-refractivity contribution in [1.29, 1.82) is 0 Å². The summed E-state index contributed by atoms with van der Waals surface area (Å²) in [6, 6.07) is 5.82. The molecule has 1 fully saturated rings. The second-order valence-corrected chi connectivity index (χ2v) is 6.19. The zero-order chi connectivity index (χ0) is 16.8. The molecule has 2 aromatic heterocycles. The summed E-state index contributed by atoms with van der Waals surface area (Å²) in [5.74, 6) is 0.843. The van der Waals surface area contributed by atoms with Gasteiger partial charge in [-0.2, -0.15) is 0 Å². The number of rotatable bonds is 5. The smallest absolute Gasteiger partial charge is 0.225 e. The van der Waals surface area contributed by atoms with Crippen molar-refractivity contribution in [1.82, 2.24) is 20.3 Å². The average molecular weight is 325 g/mol. The molecule has 0 aromatic carbocycles. The van der Waals surface area contributed by atoms with Crippen LogP contribution in [-0.2, 0) is 11.2 Å². The number of pyridine rings is 1. The number of nitrogens with one attached hydrogen (secondary N) is 1. The van der Waals surface area contributed by atoms with E-state index in [1.165, 1.54) is 0 Å². The van der Waals surface area contributed by atoms with E-state index in [1.807, 2.05) is 31.3 Å². The number of anilines is 1. The highest BCUT2D eigenvalue weighted by molar-refractivity contribution is 5.79. The standard InChI is InChI=1S/C18H23N5O/c1-14-6-9-21-18(22-14)23-11-3-5-16(13-23)17(24)20-10-7-15-4-2-8-19-12-15/h2,4,6,8-9,12,16H,3,5,7,10-11,13H2,1H3,(H,20,24). The van der Waals surface area contributed by atoms with Crippen molar-refractivity contribution in [3.05, 3.63) is 48.0 Å². The number of piperidine rings is 1. The molecule has 1 amide bonds. The van der Waals surface area contributed by atoms with Gasteiger partial charge in [-0.3, -0.25) is 9.78 Å². The fourth-order valence-electron chi connectivity index (χ4n) is 2.98. The minimum atomic E-state index is -0.00300. The van der Waals surface area contributed by atoms with Crippen molar-refractivity contribution in [3.8, 4) is 0 Å². The molecule has 1 atom stereocenters. The third kappa shape index (κ3) is 4.28. The molecule has 1 unspecified atom stereocenters. The molecule has 0 spiro atoms. The first-order valence-electron chi connectivity index (χ1n) is 8.43. The van der Waals surface area contributed by atoms with Crippen LogP contribution in [0.3, 0.4) is 0 Å². The second-order valence-electron chi connectivity index (χ2n) is 6.19. The fraction of sp³-hybridized carbons (Fsp3) is 0.444. The van der Waals surface area contributed by atoms with Gasteiger partial charge >= 0.3 is 0 Å². The third-order valence-corrected chi connectivity index (χ3v) is 4.29. The van der Waals surface area contributed by atoms with E-state index in [9.17, 15) is 4.79 Å². The summed E-state index contributed by atoms with van der Waals surface area (Å²) in [6.45, 7) is 4.19. The Morgan fingerprint density at radius 1 is 1.38 bits per heavy atom. The lowest BCUT2D eigenvalue weighted by Crippen LogP contribution is -2.44. The van der Waals surface area contributed by atoms with Gasteiger partial charge in [0.2, 0.25) is 11.9 Å². The maximum atomic E-state index is 12.4. The Kier molecular flexibility index (Phi) is 5.36. The molecule has 24 heavy (non-hydrogen) atoms. The van der Waals surface area contributed by atoms with E-state index in [1.54, 1.807) is 12.4 Å². The molecule has 1 aliphatic heterocycles. The van der Waals surface area contributed by atoms with Crippen LogP contribution in [-0.4, -0.2) is 40.5 Å². The summed E-state index contributed by atoms with van der Waals surface area (Å²) in [5.41, 5.74) is 2.08. The van der Waals surface area contributed by atoms with Gasteiger partial charge < -0.3 is 10.2 Å². The number of carbonyl (C=O) groups is 1. The van der Waals surface area contributed by atoms with Gasteiger partial charge in [-0.25, -0.2) is 9.97 Å².